The van der Waals surface area contributed by atoms with Gasteiger partial charge in [-0.15, -0.1) is 0 Å². The van der Waals surface area contributed by atoms with Gasteiger partial charge in [-0.05, 0) is 42.5 Å². The zero-order chi connectivity index (χ0) is 17.0. The molecule has 0 bridgehead atoms. The fourth-order valence-electron chi connectivity index (χ4n) is 1.89. The number of rotatable bonds is 5. The van der Waals surface area contributed by atoms with Crippen LogP contribution in [0.5, 0.6) is 11.8 Å². The Bertz CT molecular complexity index is 932. The third-order valence-electron chi connectivity index (χ3n) is 2.96. The number of hydrogen-bond acceptors (Lipinski definition) is 5. The van der Waals surface area contributed by atoms with Gasteiger partial charge in [-0.25, -0.2) is 22.8 Å². The molecule has 2 aromatic carbocycles. The topological polar surface area (TPSA) is 81.2 Å². The van der Waals surface area contributed by atoms with Gasteiger partial charge in [0.1, 0.15) is 11.6 Å². The van der Waals surface area contributed by atoms with E-state index in [0.717, 1.165) is 12.1 Å². The summed E-state index contributed by atoms with van der Waals surface area (Å²) in [6.45, 7) is 0. The number of anilines is 1. The van der Waals surface area contributed by atoms with Crippen molar-refractivity contribution in [3.8, 4) is 11.8 Å². The molecule has 1 N–H and O–H groups in total. The third-order valence-corrected chi connectivity index (χ3v) is 4.36. The van der Waals surface area contributed by atoms with Gasteiger partial charge in [0.2, 0.25) is 0 Å². The monoisotopic (exact) mass is 345 g/mol. The molecule has 3 aromatic rings. The number of ether oxygens (including phenoxy) is 1. The smallest absolute Gasteiger partial charge is 0.321 e. The minimum absolute atomic E-state index is 0.0402. The van der Waals surface area contributed by atoms with Crippen LogP contribution in [0.4, 0.5) is 10.1 Å². The molecule has 0 saturated carbocycles. The molecule has 8 heteroatoms. The predicted molar refractivity (Wildman–Crippen MR) is 85.8 cm³/mol. The number of aromatic nitrogens is 2. The molecule has 3 rings (SSSR count). The molecule has 0 amide bonds. The highest BCUT2D eigenvalue weighted by Crippen LogP contribution is 2.23. The second-order valence-electron chi connectivity index (χ2n) is 4.72. The molecule has 1 aromatic heterocycles. The van der Waals surface area contributed by atoms with E-state index in [1.807, 2.05) is 0 Å². The Morgan fingerprint density at radius 1 is 0.958 bits per heavy atom. The lowest BCUT2D eigenvalue weighted by atomic mass is 10.3. The summed E-state index contributed by atoms with van der Waals surface area (Å²) >= 11 is 0. The number of hydrogen-bond donors (Lipinski definition) is 1. The van der Waals surface area contributed by atoms with E-state index in [1.54, 1.807) is 24.3 Å². The maximum absolute atomic E-state index is 12.9. The van der Waals surface area contributed by atoms with Crippen LogP contribution in [0.15, 0.2) is 71.9 Å². The van der Waals surface area contributed by atoms with Crippen molar-refractivity contribution in [3.63, 3.8) is 0 Å². The Hall–Kier alpha value is -3.00. The third kappa shape index (κ3) is 3.85. The van der Waals surface area contributed by atoms with Gasteiger partial charge in [-0.2, -0.15) is 0 Å². The minimum atomic E-state index is -3.82. The molecule has 0 radical (unpaired) electrons. The molecule has 0 aliphatic heterocycles. The minimum Gasteiger partial charge on any atom is -0.424 e. The standard InChI is InChI=1S/C16H12FN3O3S/c17-12-5-7-15(8-6-12)24(21,22)20-13-3-1-4-14(11-13)23-16-18-9-2-10-19-16/h1-11,20H. The van der Waals surface area contributed by atoms with Crippen LogP contribution in [0.2, 0.25) is 0 Å². The molecule has 0 fully saturated rings. The quantitative estimate of drug-likeness (QED) is 0.768. The van der Waals surface area contributed by atoms with Crippen LogP contribution in [-0.2, 0) is 10.0 Å². The molecule has 0 spiro atoms. The van der Waals surface area contributed by atoms with E-state index in [2.05, 4.69) is 14.7 Å². The lowest BCUT2D eigenvalue weighted by Crippen LogP contribution is -2.12. The van der Waals surface area contributed by atoms with Crippen molar-refractivity contribution < 1.29 is 17.5 Å². The number of nitrogens with zero attached hydrogens (tertiary/aromatic N) is 2. The van der Waals surface area contributed by atoms with E-state index in [4.69, 9.17) is 4.74 Å². The second kappa shape index (κ2) is 6.63. The van der Waals surface area contributed by atoms with Crippen LogP contribution in [-0.4, -0.2) is 18.4 Å². The lowest BCUT2D eigenvalue weighted by Gasteiger charge is -2.09. The zero-order valence-corrected chi connectivity index (χ0v) is 13.1. The zero-order valence-electron chi connectivity index (χ0n) is 12.3. The molecule has 1 heterocycles. The summed E-state index contributed by atoms with van der Waals surface area (Å²) in [5.41, 5.74) is 0.299. The maximum Gasteiger partial charge on any atom is 0.321 e. The first kappa shape index (κ1) is 15.9. The summed E-state index contributed by atoms with van der Waals surface area (Å²) < 4.78 is 45.3. The van der Waals surface area contributed by atoms with Crippen LogP contribution >= 0.6 is 0 Å². The van der Waals surface area contributed by atoms with Gasteiger partial charge < -0.3 is 4.74 Å². The van der Waals surface area contributed by atoms with Gasteiger partial charge in [-0.1, -0.05) is 6.07 Å². The van der Waals surface area contributed by atoms with Gasteiger partial charge in [0.25, 0.3) is 10.0 Å². The Morgan fingerprint density at radius 3 is 2.38 bits per heavy atom. The molecular weight excluding hydrogens is 333 g/mol. The van der Waals surface area contributed by atoms with Crippen molar-refractivity contribution in [2.45, 2.75) is 4.90 Å². The fraction of sp³-hybridized carbons (Fsp3) is 0. The highest BCUT2D eigenvalue weighted by atomic mass is 32.2. The summed E-state index contributed by atoms with van der Waals surface area (Å²) in [5.74, 6) is -0.132. The van der Waals surface area contributed by atoms with Gasteiger partial charge in [0.05, 0.1) is 10.6 Å². The summed E-state index contributed by atoms with van der Waals surface area (Å²) in [5, 5.41) is 0. The van der Waals surface area contributed by atoms with E-state index in [1.165, 1.54) is 30.6 Å². The largest absolute Gasteiger partial charge is 0.424 e. The Labute approximate surface area is 138 Å². The van der Waals surface area contributed by atoms with E-state index in [-0.39, 0.29) is 10.9 Å². The first-order valence-electron chi connectivity index (χ1n) is 6.86. The van der Waals surface area contributed by atoms with E-state index in [0.29, 0.717) is 11.4 Å². The van der Waals surface area contributed by atoms with Crippen molar-refractivity contribution in [2.75, 3.05) is 4.72 Å². The second-order valence-corrected chi connectivity index (χ2v) is 6.40. The molecule has 24 heavy (non-hydrogen) atoms. The first-order valence-corrected chi connectivity index (χ1v) is 8.34. The first-order chi connectivity index (χ1) is 11.5. The summed E-state index contributed by atoms with van der Waals surface area (Å²) in [4.78, 5) is 7.81. The van der Waals surface area contributed by atoms with Crippen molar-refractivity contribution in [1.82, 2.24) is 9.97 Å². The summed E-state index contributed by atoms with van der Waals surface area (Å²) in [7, 11) is -3.82. The van der Waals surface area contributed by atoms with Crippen LogP contribution < -0.4 is 9.46 Å². The number of sulfonamides is 1. The average Bonchev–Trinajstić information content (AvgIpc) is 2.56. The number of halogens is 1. The SMILES string of the molecule is O=S(=O)(Nc1cccc(Oc2ncccn2)c1)c1ccc(F)cc1. The lowest BCUT2D eigenvalue weighted by molar-refractivity contribution is 0.442. The van der Waals surface area contributed by atoms with Crippen molar-refractivity contribution in [2.24, 2.45) is 0 Å². The van der Waals surface area contributed by atoms with Gasteiger partial charge in [0, 0.05) is 18.5 Å². The van der Waals surface area contributed by atoms with Gasteiger partial charge >= 0.3 is 6.01 Å². The average molecular weight is 345 g/mol. The molecule has 6 nitrogen and oxygen atoms in total. The van der Waals surface area contributed by atoms with E-state index < -0.39 is 15.8 Å². The van der Waals surface area contributed by atoms with Crippen molar-refractivity contribution in [3.05, 3.63) is 72.8 Å². The fourth-order valence-corrected chi connectivity index (χ4v) is 2.94. The predicted octanol–water partition coefficient (Wildman–Crippen LogP) is 3.21. The number of benzene rings is 2. The number of nitrogens with one attached hydrogen (secondary N) is 1. The highest BCUT2D eigenvalue weighted by Gasteiger charge is 2.14. The Kier molecular flexibility index (Phi) is 4.39. The molecule has 0 atom stereocenters. The van der Waals surface area contributed by atoms with Gasteiger partial charge in [-0.3, -0.25) is 4.72 Å². The van der Waals surface area contributed by atoms with Crippen molar-refractivity contribution in [1.29, 1.82) is 0 Å². The Morgan fingerprint density at radius 2 is 1.67 bits per heavy atom. The maximum atomic E-state index is 12.9. The molecule has 0 aliphatic rings. The molecular formula is C16H12FN3O3S. The molecule has 0 saturated heterocycles. The van der Waals surface area contributed by atoms with Crippen molar-refractivity contribution >= 4 is 15.7 Å². The highest BCUT2D eigenvalue weighted by molar-refractivity contribution is 7.92. The van der Waals surface area contributed by atoms with Crippen LogP contribution in [0, 0.1) is 5.82 Å². The molecule has 0 unspecified atom stereocenters. The van der Waals surface area contributed by atoms with Gasteiger partial charge in [0.15, 0.2) is 0 Å². The van der Waals surface area contributed by atoms with Crippen LogP contribution in [0.1, 0.15) is 0 Å². The Balaban J connectivity index is 1.80. The normalized spacial score (nSPS) is 11.0. The van der Waals surface area contributed by atoms with Crippen LogP contribution in [0.25, 0.3) is 0 Å². The van der Waals surface area contributed by atoms with E-state index in [9.17, 15) is 12.8 Å². The van der Waals surface area contributed by atoms with Crippen LogP contribution in [0.3, 0.4) is 0 Å². The van der Waals surface area contributed by atoms with E-state index >= 15 is 0 Å². The summed E-state index contributed by atoms with van der Waals surface area (Å²) in [6, 6.07) is 12.7. The summed E-state index contributed by atoms with van der Waals surface area (Å²) in [6.07, 6.45) is 3.06. The molecule has 0 aliphatic carbocycles. The molecule has 122 valence electrons.